The quantitative estimate of drug-likeness (QED) is 0.803. The first-order valence-electron chi connectivity index (χ1n) is 7.26. The molecule has 106 valence electrons. The Bertz CT molecular complexity index is 324. The topological polar surface area (TPSA) is 49.5 Å². The number of hydrogen-bond donors (Lipinski definition) is 2. The molecule has 2 saturated carbocycles. The molecule has 0 aliphatic heterocycles. The van der Waals surface area contributed by atoms with E-state index in [4.69, 9.17) is 5.73 Å². The van der Waals surface area contributed by atoms with Crippen LogP contribution in [0, 0.1) is 22.7 Å². The lowest BCUT2D eigenvalue weighted by molar-refractivity contribution is -0.0723. The van der Waals surface area contributed by atoms with Crippen molar-refractivity contribution in [3.63, 3.8) is 0 Å². The van der Waals surface area contributed by atoms with Crippen LogP contribution in [0.4, 0.5) is 0 Å². The van der Waals surface area contributed by atoms with E-state index in [9.17, 15) is 5.11 Å². The van der Waals surface area contributed by atoms with Gasteiger partial charge in [0.2, 0.25) is 0 Å². The van der Waals surface area contributed by atoms with Gasteiger partial charge in [-0.3, -0.25) is 0 Å². The van der Waals surface area contributed by atoms with E-state index in [1.165, 1.54) is 19.3 Å². The van der Waals surface area contributed by atoms with Crippen LogP contribution in [0.2, 0.25) is 0 Å². The molecular formula is C15H30N2O. The van der Waals surface area contributed by atoms with Gasteiger partial charge in [0.1, 0.15) is 0 Å². The molecule has 3 N–H and O–H groups in total. The molecule has 0 aromatic heterocycles. The van der Waals surface area contributed by atoms with Gasteiger partial charge in [-0.2, -0.15) is 0 Å². The van der Waals surface area contributed by atoms with Crippen LogP contribution in [-0.2, 0) is 0 Å². The molecule has 0 unspecified atom stereocenters. The van der Waals surface area contributed by atoms with Gasteiger partial charge >= 0.3 is 0 Å². The van der Waals surface area contributed by atoms with E-state index in [1.54, 1.807) is 0 Å². The van der Waals surface area contributed by atoms with Crippen LogP contribution in [0.5, 0.6) is 0 Å². The summed E-state index contributed by atoms with van der Waals surface area (Å²) in [6.45, 7) is 8.04. The van der Waals surface area contributed by atoms with Crippen molar-refractivity contribution in [2.45, 2.75) is 45.6 Å². The molecule has 2 rings (SSSR count). The van der Waals surface area contributed by atoms with Crippen LogP contribution in [-0.4, -0.2) is 42.8 Å². The highest BCUT2D eigenvalue weighted by molar-refractivity contribution is 5.23. The van der Waals surface area contributed by atoms with Crippen LogP contribution < -0.4 is 5.73 Å². The van der Waals surface area contributed by atoms with Gasteiger partial charge in [-0.15, -0.1) is 0 Å². The first-order chi connectivity index (χ1) is 8.28. The van der Waals surface area contributed by atoms with E-state index < -0.39 is 0 Å². The van der Waals surface area contributed by atoms with Crippen molar-refractivity contribution >= 4 is 0 Å². The van der Waals surface area contributed by atoms with Crippen molar-refractivity contribution in [1.29, 1.82) is 0 Å². The van der Waals surface area contributed by atoms with E-state index in [1.807, 2.05) is 0 Å². The molecule has 2 bridgehead atoms. The number of aliphatic hydroxyl groups excluding tert-OH is 1. The second-order valence-corrected chi connectivity index (χ2v) is 7.43. The zero-order valence-electron chi connectivity index (χ0n) is 12.7. The van der Waals surface area contributed by atoms with Crippen molar-refractivity contribution < 1.29 is 5.11 Å². The molecule has 0 amide bonds. The van der Waals surface area contributed by atoms with Crippen LogP contribution >= 0.6 is 0 Å². The summed E-state index contributed by atoms with van der Waals surface area (Å²) in [5.41, 5.74) is 6.64. The Labute approximate surface area is 112 Å². The maximum atomic E-state index is 9.81. The minimum absolute atomic E-state index is 0.0584. The summed E-state index contributed by atoms with van der Waals surface area (Å²) in [6, 6.07) is 0. The van der Waals surface area contributed by atoms with Gasteiger partial charge in [-0.25, -0.2) is 0 Å². The molecule has 0 spiro atoms. The Morgan fingerprint density at radius 2 is 1.94 bits per heavy atom. The summed E-state index contributed by atoms with van der Waals surface area (Å²) in [6.07, 6.45) is 3.78. The van der Waals surface area contributed by atoms with Gasteiger partial charge in [0.15, 0.2) is 0 Å². The van der Waals surface area contributed by atoms with Crippen molar-refractivity contribution in [2.24, 2.45) is 28.4 Å². The maximum absolute atomic E-state index is 9.81. The molecule has 0 radical (unpaired) electrons. The largest absolute Gasteiger partial charge is 0.396 e. The van der Waals surface area contributed by atoms with E-state index >= 15 is 0 Å². The highest BCUT2D eigenvalue weighted by Gasteiger charge is 2.70. The smallest absolute Gasteiger partial charge is 0.0489 e. The van der Waals surface area contributed by atoms with Crippen LogP contribution in [0.25, 0.3) is 0 Å². The molecule has 4 atom stereocenters. The second-order valence-electron chi connectivity index (χ2n) is 7.43. The fourth-order valence-electron chi connectivity index (χ4n) is 5.41. The summed E-state index contributed by atoms with van der Waals surface area (Å²) in [4.78, 5) is 2.36. The molecule has 2 aliphatic rings. The number of nitrogens with zero attached hydrogens (tertiary/aromatic N) is 1. The predicted octanol–water partition coefficient (Wildman–Crippen LogP) is 1.70. The summed E-state index contributed by atoms with van der Waals surface area (Å²) in [7, 11) is 4.33. The highest BCUT2D eigenvalue weighted by atomic mass is 16.3. The van der Waals surface area contributed by atoms with Gasteiger partial charge in [-0.05, 0) is 56.7 Å². The molecule has 18 heavy (non-hydrogen) atoms. The lowest BCUT2D eigenvalue weighted by Gasteiger charge is -2.56. The fourth-order valence-corrected chi connectivity index (χ4v) is 5.41. The molecule has 0 aromatic carbocycles. The Balaban J connectivity index is 2.52. The number of rotatable bonds is 4. The van der Waals surface area contributed by atoms with E-state index in [2.05, 4.69) is 39.8 Å². The molecule has 3 heteroatoms. The van der Waals surface area contributed by atoms with Gasteiger partial charge in [0, 0.05) is 18.1 Å². The van der Waals surface area contributed by atoms with Crippen molar-refractivity contribution in [3.05, 3.63) is 0 Å². The van der Waals surface area contributed by atoms with Crippen molar-refractivity contribution in [3.8, 4) is 0 Å². The number of fused-ring (bicyclic) bond motifs is 2. The number of hydrogen-bond acceptors (Lipinski definition) is 3. The van der Waals surface area contributed by atoms with Gasteiger partial charge < -0.3 is 15.7 Å². The first-order valence-corrected chi connectivity index (χ1v) is 7.26. The lowest BCUT2D eigenvalue weighted by Crippen LogP contribution is -2.63. The molecule has 3 nitrogen and oxygen atoms in total. The predicted molar refractivity (Wildman–Crippen MR) is 75.3 cm³/mol. The Kier molecular flexibility index (Phi) is 3.33. The first kappa shape index (κ1) is 14.3. The minimum atomic E-state index is 0.0584. The van der Waals surface area contributed by atoms with Crippen LogP contribution in [0.15, 0.2) is 0 Å². The summed E-state index contributed by atoms with van der Waals surface area (Å²) in [5.74, 6) is 0.951. The molecule has 2 fully saturated rings. The number of nitrogens with two attached hydrogens (primary N) is 1. The van der Waals surface area contributed by atoms with Gasteiger partial charge in [0.25, 0.3) is 0 Å². The van der Waals surface area contributed by atoms with Crippen molar-refractivity contribution in [2.75, 3.05) is 27.2 Å². The number of aliphatic hydroxyl groups is 1. The molecule has 0 aromatic rings. The Morgan fingerprint density at radius 1 is 1.33 bits per heavy atom. The molecule has 0 saturated heterocycles. The third kappa shape index (κ3) is 1.36. The molecule has 0 heterocycles. The van der Waals surface area contributed by atoms with Crippen molar-refractivity contribution in [1.82, 2.24) is 4.90 Å². The third-order valence-electron chi connectivity index (χ3n) is 6.93. The van der Waals surface area contributed by atoms with Crippen LogP contribution in [0.1, 0.15) is 40.0 Å². The van der Waals surface area contributed by atoms with Gasteiger partial charge in [-0.1, -0.05) is 20.8 Å². The Morgan fingerprint density at radius 3 is 2.22 bits per heavy atom. The second kappa shape index (κ2) is 4.19. The summed E-state index contributed by atoms with van der Waals surface area (Å²) >= 11 is 0. The van der Waals surface area contributed by atoms with E-state index in [0.717, 1.165) is 5.92 Å². The summed E-state index contributed by atoms with van der Waals surface area (Å²) < 4.78 is 0. The Hall–Kier alpha value is -0.120. The SMILES string of the molecule is CN(C)[C@@]1([C@@H](CN)CO)C[C@@H]2CC[C@@]1(C)C2(C)C. The standard InChI is InChI=1S/C15H30N2O/c1-13(2)11-6-7-14(13,3)15(8-11,17(4)5)12(9-16)10-18/h11-12,18H,6-10,16H2,1-5H3/t11-,12-,14-,15+/m0/s1. The van der Waals surface area contributed by atoms with Gasteiger partial charge in [0.05, 0.1) is 0 Å². The minimum Gasteiger partial charge on any atom is -0.396 e. The zero-order chi connectivity index (χ0) is 13.8. The molecule has 2 aliphatic carbocycles. The monoisotopic (exact) mass is 254 g/mol. The average Bonchev–Trinajstić information content (AvgIpc) is 2.62. The third-order valence-corrected chi connectivity index (χ3v) is 6.93. The van der Waals surface area contributed by atoms with Crippen LogP contribution in [0.3, 0.4) is 0 Å². The highest BCUT2D eigenvalue weighted by Crippen LogP contribution is 2.72. The van der Waals surface area contributed by atoms with E-state index in [-0.39, 0.29) is 23.5 Å². The fraction of sp³-hybridized carbons (Fsp3) is 1.00. The maximum Gasteiger partial charge on any atom is 0.0489 e. The summed E-state index contributed by atoms with van der Waals surface area (Å²) in [5, 5.41) is 9.81. The lowest BCUT2D eigenvalue weighted by atomic mass is 9.58. The zero-order valence-corrected chi connectivity index (χ0v) is 12.7. The average molecular weight is 254 g/mol. The van der Waals surface area contributed by atoms with E-state index in [0.29, 0.717) is 12.0 Å². The normalized spacial score (nSPS) is 43.7. The molecular weight excluding hydrogens is 224 g/mol.